The molecule has 2 heterocycles. The third-order valence-corrected chi connectivity index (χ3v) is 4.97. The Morgan fingerprint density at radius 1 is 1.19 bits per heavy atom. The van der Waals surface area contributed by atoms with Crippen LogP contribution in [0.25, 0.3) is 0 Å². The van der Waals surface area contributed by atoms with Gasteiger partial charge in [-0.1, -0.05) is 13.8 Å². The van der Waals surface area contributed by atoms with Crippen LogP contribution in [0.5, 0.6) is 0 Å². The zero-order valence-electron chi connectivity index (χ0n) is 13.7. The van der Waals surface area contributed by atoms with E-state index in [-0.39, 0.29) is 11.8 Å². The van der Waals surface area contributed by atoms with Gasteiger partial charge in [0, 0.05) is 32.1 Å². The SMILES string of the molecule is CCCN1CCC(N2CCC(=O)NC(C)(CC)C2=O)CC1. The summed E-state index contributed by atoms with van der Waals surface area (Å²) in [6, 6.07) is 0.296. The van der Waals surface area contributed by atoms with Crippen molar-refractivity contribution in [3.8, 4) is 0 Å². The summed E-state index contributed by atoms with van der Waals surface area (Å²) in [7, 11) is 0. The summed E-state index contributed by atoms with van der Waals surface area (Å²) in [6.45, 7) is 9.86. The van der Waals surface area contributed by atoms with Crippen LogP contribution in [-0.2, 0) is 9.59 Å². The Balaban J connectivity index is 2.05. The van der Waals surface area contributed by atoms with Crippen molar-refractivity contribution in [1.29, 1.82) is 0 Å². The Morgan fingerprint density at radius 3 is 2.43 bits per heavy atom. The molecule has 0 saturated carbocycles. The predicted octanol–water partition coefficient (Wildman–Crippen LogP) is 1.38. The summed E-state index contributed by atoms with van der Waals surface area (Å²) >= 11 is 0. The molecule has 1 N–H and O–H groups in total. The van der Waals surface area contributed by atoms with Gasteiger partial charge in [-0.3, -0.25) is 9.59 Å². The van der Waals surface area contributed by atoms with Crippen LogP contribution in [-0.4, -0.2) is 59.4 Å². The maximum Gasteiger partial charge on any atom is 0.248 e. The molecule has 0 spiro atoms. The molecule has 2 aliphatic heterocycles. The molecule has 1 unspecified atom stereocenters. The summed E-state index contributed by atoms with van der Waals surface area (Å²) in [5.41, 5.74) is -0.728. The van der Waals surface area contributed by atoms with E-state index in [0.29, 0.717) is 25.4 Å². The normalized spacial score (nSPS) is 29.4. The zero-order chi connectivity index (χ0) is 15.5. The van der Waals surface area contributed by atoms with Crippen LogP contribution < -0.4 is 5.32 Å². The van der Waals surface area contributed by atoms with Crippen LogP contribution in [0.1, 0.15) is 52.9 Å². The summed E-state index contributed by atoms with van der Waals surface area (Å²) in [4.78, 5) is 29.2. The van der Waals surface area contributed by atoms with Crippen molar-refractivity contribution in [2.45, 2.75) is 64.5 Å². The summed E-state index contributed by atoms with van der Waals surface area (Å²) < 4.78 is 0. The Bertz CT molecular complexity index is 391. The number of hydrogen-bond acceptors (Lipinski definition) is 3. The van der Waals surface area contributed by atoms with Crippen LogP contribution in [0.4, 0.5) is 0 Å². The molecule has 2 fully saturated rings. The molecular weight excluding hydrogens is 266 g/mol. The molecule has 2 aliphatic rings. The van der Waals surface area contributed by atoms with E-state index in [0.717, 1.165) is 32.5 Å². The van der Waals surface area contributed by atoms with Gasteiger partial charge in [-0.2, -0.15) is 0 Å². The lowest BCUT2D eigenvalue weighted by Crippen LogP contribution is -2.57. The molecule has 120 valence electrons. The standard InChI is InChI=1S/C16H29N3O2/c1-4-9-18-10-6-13(7-11-18)19-12-8-14(20)17-16(3,5-2)15(19)21/h13H,4-12H2,1-3H3,(H,17,20). The number of carbonyl (C=O) groups is 2. The van der Waals surface area contributed by atoms with Crippen molar-refractivity contribution < 1.29 is 9.59 Å². The van der Waals surface area contributed by atoms with Gasteiger partial charge in [0.05, 0.1) is 0 Å². The van der Waals surface area contributed by atoms with Crippen molar-refractivity contribution in [2.24, 2.45) is 0 Å². The predicted molar refractivity (Wildman–Crippen MR) is 82.9 cm³/mol. The molecule has 1 atom stereocenters. The topological polar surface area (TPSA) is 52.6 Å². The maximum atomic E-state index is 12.8. The third-order valence-electron chi connectivity index (χ3n) is 4.97. The van der Waals surface area contributed by atoms with Gasteiger partial charge in [-0.15, -0.1) is 0 Å². The molecule has 2 rings (SSSR count). The smallest absolute Gasteiger partial charge is 0.248 e. The third kappa shape index (κ3) is 3.57. The summed E-state index contributed by atoms with van der Waals surface area (Å²) in [6.07, 6.45) is 4.30. The fourth-order valence-electron chi connectivity index (χ4n) is 3.42. The minimum atomic E-state index is -0.728. The molecule has 21 heavy (non-hydrogen) atoms. The second-order valence-corrected chi connectivity index (χ2v) is 6.56. The number of nitrogens with one attached hydrogen (secondary N) is 1. The molecule has 5 nitrogen and oxygen atoms in total. The number of amides is 2. The fourth-order valence-corrected chi connectivity index (χ4v) is 3.42. The van der Waals surface area contributed by atoms with Crippen molar-refractivity contribution in [2.75, 3.05) is 26.2 Å². The van der Waals surface area contributed by atoms with E-state index < -0.39 is 5.54 Å². The monoisotopic (exact) mass is 295 g/mol. The molecule has 0 aromatic heterocycles. The highest BCUT2D eigenvalue weighted by Gasteiger charge is 2.41. The lowest BCUT2D eigenvalue weighted by molar-refractivity contribution is -0.141. The second kappa shape index (κ2) is 6.77. The van der Waals surface area contributed by atoms with E-state index in [1.807, 2.05) is 18.7 Å². The van der Waals surface area contributed by atoms with Gasteiger partial charge in [0.25, 0.3) is 0 Å². The fraction of sp³-hybridized carbons (Fsp3) is 0.875. The highest BCUT2D eigenvalue weighted by Crippen LogP contribution is 2.24. The van der Waals surface area contributed by atoms with Crippen LogP contribution in [0.15, 0.2) is 0 Å². The van der Waals surface area contributed by atoms with Gasteiger partial charge >= 0.3 is 0 Å². The average molecular weight is 295 g/mol. The van der Waals surface area contributed by atoms with E-state index in [9.17, 15) is 9.59 Å². The molecule has 2 amide bonds. The average Bonchev–Trinajstić information content (AvgIpc) is 2.59. The largest absolute Gasteiger partial charge is 0.342 e. The van der Waals surface area contributed by atoms with E-state index in [1.165, 1.54) is 6.42 Å². The van der Waals surface area contributed by atoms with E-state index in [2.05, 4.69) is 17.1 Å². The van der Waals surface area contributed by atoms with Gasteiger partial charge in [0.1, 0.15) is 5.54 Å². The number of nitrogens with zero attached hydrogens (tertiary/aromatic N) is 2. The number of rotatable bonds is 4. The lowest BCUT2D eigenvalue weighted by atomic mass is 9.94. The van der Waals surface area contributed by atoms with E-state index in [4.69, 9.17) is 0 Å². The second-order valence-electron chi connectivity index (χ2n) is 6.56. The highest BCUT2D eigenvalue weighted by atomic mass is 16.2. The van der Waals surface area contributed by atoms with Crippen molar-refractivity contribution in [3.63, 3.8) is 0 Å². The van der Waals surface area contributed by atoms with Gasteiger partial charge in [-0.05, 0) is 39.2 Å². The number of likely N-dealkylation sites (tertiary alicyclic amines) is 1. The molecule has 5 heteroatoms. The molecule has 0 aromatic carbocycles. The molecule has 0 aromatic rings. The van der Waals surface area contributed by atoms with Crippen molar-refractivity contribution in [3.05, 3.63) is 0 Å². The first-order chi connectivity index (χ1) is 10.00. The van der Waals surface area contributed by atoms with Crippen LogP contribution in [0, 0.1) is 0 Å². The Hall–Kier alpha value is -1.10. The number of carbonyl (C=O) groups excluding carboxylic acids is 2. The maximum absolute atomic E-state index is 12.8. The minimum absolute atomic E-state index is 0.00128. The first-order valence-electron chi connectivity index (χ1n) is 8.34. The van der Waals surface area contributed by atoms with Gasteiger partial charge in [-0.25, -0.2) is 0 Å². The molecule has 2 saturated heterocycles. The van der Waals surface area contributed by atoms with Crippen molar-refractivity contribution in [1.82, 2.24) is 15.1 Å². The number of hydrogen-bond donors (Lipinski definition) is 1. The first kappa shape index (κ1) is 16.3. The van der Waals surface area contributed by atoms with Gasteiger partial charge < -0.3 is 15.1 Å². The Morgan fingerprint density at radius 2 is 1.86 bits per heavy atom. The number of piperidine rings is 1. The Labute approximate surface area is 128 Å². The minimum Gasteiger partial charge on any atom is -0.342 e. The Kier molecular flexibility index (Phi) is 5.25. The van der Waals surface area contributed by atoms with Crippen LogP contribution in [0.3, 0.4) is 0 Å². The highest BCUT2D eigenvalue weighted by molar-refractivity contribution is 5.93. The van der Waals surface area contributed by atoms with Gasteiger partial charge in [0.2, 0.25) is 11.8 Å². The summed E-state index contributed by atoms with van der Waals surface area (Å²) in [5.74, 6) is 0.100. The van der Waals surface area contributed by atoms with Crippen molar-refractivity contribution >= 4 is 11.8 Å². The van der Waals surface area contributed by atoms with E-state index >= 15 is 0 Å². The molecule has 0 radical (unpaired) electrons. The summed E-state index contributed by atoms with van der Waals surface area (Å²) in [5, 5.41) is 2.91. The molecular formula is C16H29N3O2. The molecule has 0 bridgehead atoms. The quantitative estimate of drug-likeness (QED) is 0.852. The van der Waals surface area contributed by atoms with Crippen LogP contribution >= 0.6 is 0 Å². The first-order valence-corrected chi connectivity index (χ1v) is 8.34. The lowest BCUT2D eigenvalue weighted by Gasteiger charge is -2.40. The molecule has 0 aliphatic carbocycles. The zero-order valence-corrected chi connectivity index (χ0v) is 13.7. The van der Waals surface area contributed by atoms with Gasteiger partial charge in [0.15, 0.2) is 0 Å². The van der Waals surface area contributed by atoms with E-state index in [1.54, 1.807) is 0 Å². The van der Waals surface area contributed by atoms with Crippen LogP contribution in [0.2, 0.25) is 0 Å².